The van der Waals surface area contributed by atoms with Gasteiger partial charge >= 0.3 is 0 Å². The molecule has 0 atom stereocenters. The summed E-state index contributed by atoms with van der Waals surface area (Å²) >= 11 is 0. The standard InChI is InChI=1S/C14H19N3O5S/c1-2-15-14(18)11-7-9-16(10-8-11)23(21,22)13-5-3-12(4-6-13)17(19)20/h3-6,11H,2,7-10H2,1H3,(H,15,18). The lowest BCUT2D eigenvalue weighted by Gasteiger charge is -2.30. The molecule has 2 rings (SSSR count). The molecule has 1 fully saturated rings. The van der Waals surface area contributed by atoms with E-state index < -0.39 is 14.9 Å². The number of nitro benzene ring substituents is 1. The van der Waals surface area contributed by atoms with Gasteiger partial charge < -0.3 is 5.32 Å². The fraction of sp³-hybridized carbons (Fsp3) is 0.500. The van der Waals surface area contributed by atoms with Gasteiger partial charge in [-0.05, 0) is 31.9 Å². The van der Waals surface area contributed by atoms with Gasteiger partial charge in [-0.25, -0.2) is 8.42 Å². The maximum Gasteiger partial charge on any atom is 0.269 e. The number of sulfonamides is 1. The van der Waals surface area contributed by atoms with Gasteiger partial charge in [0.2, 0.25) is 15.9 Å². The fourth-order valence-corrected chi connectivity index (χ4v) is 4.04. The van der Waals surface area contributed by atoms with Gasteiger partial charge in [0.15, 0.2) is 0 Å². The normalized spacial score (nSPS) is 16.9. The number of nitrogens with one attached hydrogen (secondary N) is 1. The minimum atomic E-state index is -3.69. The number of piperidine rings is 1. The number of hydrogen-bond acceptors (Lipinski definition) is 5. The molecule has 1 heterocycles. The molecule has 1 N–H and O–H groups in total. The second kappa shape index (κ2) is 7.05. The van der Waals surface area contributed by atoms with E-state index in [1.54, 1.807) is 0 Å². The monoisotopic (exact) mass is 341 g/mol. The molecule has 0 radical (unpaired) electrons. The third kappa shape index (κ3) is 3.85. The number of hydrogen-bond donors (Lipinski definition) is 1. The summed E-state index contributed by atoms with van der Waals surface area (Å²) in [5, 5.41) is 13.4. The van der Waals surface area contributed by atoms with Crippen molar-refractivity contribution in [3.63, 3.8) is 0 Å². The van der Waals surface area contributed by atoms with Crippen molar-refractivity contribution in [2.45, 2.75) is 24.7 Å². The molecule has 0 spiro atoms. The van der Waals surface area contributed by atoms with E-state index in [9.17, 15) is 23.3 Å². The van der Waals surface area contributed by atoms with E-state index >= 15 is 0 Å². The topological polar surface area (TPSA) is 110 Å². The molecule has 23 heavy (non-hydrogen) atoms. The van der Waals surface area contributed by atoms with E-state index in [-0.39, 0.29) is 35.5 Å². The second-order valence-electron chi connectivity index (χ2n) is 5.32. The molecule has 126 valence electrons. The van der Waals surface area contributed by atoms with Crippen molar-refractivity contribution in [2.75, 3.05) is 19.6 Å². The Morgan fingerprint density at radius 2 is 1.87 bits per heavy atom. The summed E-state index contributed by atoms with van der Waals surface area (Å²) in [6, 6.07) is 4.83. The van der Waals surface area contributed by atoms with Crippen LogP contribution in [0.25, 0.3) is 0 Å². The van der Waals surface area contributed by atoms with Crippen molar-refractivity contribution in [1.29, 1.82) is 0 Å². The summed E-state index contributed by atoms with van der Waals surface area (Å²) in [5.41, 5.74) is -0.154. The number of nitrogens with zero attached hydrogens (tertiary/aromatic N) is 2. The number of amides is 1. The van der Waals surface area contributed by atoms with E-state index in [0.29, 0.717) is 19.4 Å². The minimum absolute atomic E-state index is 0.0274. The third-order valence-electron chi connectivity index (χ3n) is 3.86. The number of non-ortho nitro benzene ring substituents is 1. The molecule has 0 unspecified atom stereocenters. The second-order valence-corrected chi connectivity index (χ2v) is 7.26. The molecule has 0 saturated carbocycles. The fourth-order valence-electron chi connectivity index (χ4n) is 2.57. The van der Waals surface area contributed by atoms with E-state index in [4.69, 9.17) is 0 Å². The maximum atomic E-state index is 12.5. The SMILES string of the molecule is CCNC(=O)C1CCN(S(=O)(=O)c2ccc([N+](=O)[O-])cc2)CC1. The van der Waals surface area contributed by atoms with Crippen molar-refractivity contribution >= 4 is 21.6 Å². The smallest absolute Gasteiger partial charge is 0.269 e. The molecule has 1 aliphatic rings. The Labute approximate surface area is 134 Å². The lowest BCUT2D eigenvalue weighted by atomic mass is 9.97. The van der Waals surface area contributed by atoms with Gasteiger partial charge in [-0.3, -0.25) is 14.9 Å². The summed E-state index contributed by atoms with van der Waals surface area (Å²) in [6.45, 7) is 2.93. The Balaban J connectivity index is 2.07. The van der Waals surface area contributed by atoms with Gasteiger partial charge in [0.1, 0.15) is 0 Å². The van der Waals surface area contributed by atoms with E-state index in [0.717, 1.165) is 0 Å². The van der Waals surface area contributed by atoms with Crippen molar-refractivity contribution in [3.05, 3.63) is 34.4 Å². The highest BCUT2D eigenvalue weighted by Crippen LogP contribution is 2.25. The van der Waals surface area contributed by atoms with Crippen LogP contribution in [0, 0.1) is 16.0 Å². The molecule has 0 aliphatic carbocycles. The third-order valence-corrected chi connectivity index (χ3v) is 5.77. The highest BCUT2D eigenvalue weighted by Gasteiger charge is 2.32. The van der Waals surface area contributed by atoms with Crippen LogP contribution >= 0.6 is 0 Å². The zero-order chi connectivity index (χ0) is 17.0. The van der Waals surface area contributed by atoms with Crippen LogP contribution < -0.4 is 5.32 Å². The Kier molecular flexibility index (Phi) is 5.32. The van der Waals surface area contributed by atoms with Gasteiger partial charge in [-0.1, -0.05) is 0 Å². The Morgan fingerprint density at radius 3 is 2.35 bits per heavy atom. The Hall–Kier alpha value is -2.00. The highest BCUT2D eigenvalue weighted by molar-refractivity contribution is 7.89. The van der Waals surface area contributed by atoms with Crippen LogP contribution in [0.4, 0.5) is 5.69 Å². The summed E-state index contributed by atoms with van der Waals surface area (Å²) in [5.74, 6) is -0.210. The van der Waals surface area contributed by atoms with Crippen molar-refractivity contribution < 1.29 is 18.1 Å². The molecule has 1 amide bonds. The lowest BCUT2D eigenvalue weighted by Crippen LogP contribution is -2.42. The van der Waals surface area contributed by atoms with Gasteiger partial charge in [-0.15, -0.1) is 0 Å². The first-order valence-corrected chi connectivity index (χ1v) is 8.82. The summed E-state index contributed by atoms with van der Waals surface area (Å²) in [4.78, 5) is 21.9. The van der Waals surface area contributed by atoms with Crippen LogP contribution in [0.2, 0.25) is 0 Å². The van der Waals surface area contributed by atoms with Crippen LogP contribution in [0.1, 0.15) is 19.8 Å². The first-order valence-electron chi connectivity index (χ1n) is 7.38. The van der Waals surface area contributed by atoms with E-state index in [2.05, 4.69) is 5.32 Å². The largest absolute Gasteiger partial charge is 0.356 e. The van der Waals surface area contributed by atoms with Crippen molar-refractivity contribution in [2.24, 2.45) is 5.92 Å². The maximum absolute atomic E-state index is 12.5. The number of carbonyl (C=O) groups excluding carboxylic acids is 1. The number of carbonyl (C=O) groups is 1. The van der Waals surface area contributed by atoms with Crippen LogP contribution in [-0.4, -0.2) is 43.2 Å². The first kappa shape index (κ1) is 17.4. The summed E-state index contributed by atoms with van der Waals surface area (Å²) in [6.07, 6.45) is 0.941. The quantitative estimate of drug-likeness (QED) is 0.638. The molecule has 0 bridgehead atoms. The van der Waals surface area contributed by atoms with Crippen LogP contribution in [0.15, 0.2) is 29.2 Å². The molecule has 8 nitrogen and oxygen atoms in total. The first-order chi connectivity index (χ1) is 10.9. The minimum Gasteiger partial charge on any atom is -0.356 e. The van der Waals surface area contributed by atoms with Gasteiger partial charge in [-0.2, -0.15) is 4.31 Å². The Bertz CT molecular complexity index is 679. The zero-order valence-electron chi connectivity index (χ0n) is 12.8. The van der Waals surface area contributed by atoms with Crippen molar-refractivity contribution in [3.8, 4) is 0 Å². The summed E-state index contributed by atoms with van der Waals surface area (Å²) < 4.78 is 26.4. The molecule has 1 saturated heterocycles. The molecule has 0 aromatic heterocycles. The van der Waals surface area contributed by atoms with Gasteiger partial charge in [0.05, 0.1) is 9.82 Å². The molecule has 1 aromatic carbocycles. The molecular formula is C14H19N3O5S. The van der Waals surface area contributed by atoms with Gasteiger partial charge in [0, 0.05) is 37.7 Å². The highest BCUT2D eigenvalue weighted by atomic mass is 32.2. The average Bonchev–Trinajstić information content (AvgIpc) is 2.55. The zero-order valence-corrected chi connectivity index (χ0v) is 13.6. The number of rotatable bonds is 5. The average molecular weight is 341 g/mol. The van der Waals surface area contributed by atoms with Crippen molar-refractivity contribution in [1.82, 2.24) is 9.62 Å². The molecule has 1 aromatic rings. The lowest BCUT2D eigenvalue weighted by molar-refractivity contribution is -0.384. The number of benzene rings is 1. The van der Waals surface area contributed by atoms with E-state index in [1.165, 1.54) is 28.6 Å². The van der Waals surface area contributed by atoms with Crippen LogP contribution in [0.3, 0.4) is 0 Å². The summed E-state index contributed by atoms with van der Waals surface area (Å²) in [7, 11) is -3.69. The predicted octanol–water partition coefficient (Wildman–Crippen LogP) is 1.13. The van der Waals surface area contributed by atoms with E-state index in [1.807, 2.05) is 6.92 Å². The van der Waals surface area contributed by atoms with Crippen LogP contribution in [0.5, 0.6) is 0 Å². The molecule has 1 aliphatic heterocycles. The number of nitro groups is 1. The Morgan fingerprint density at radius 1 is 1.30 bits per heavy atom. The molecule has 9 heteroatoms. The van der Waals surface area contributed by atoms with Gasteiger partial charge in [0.25, 0.3) is 5.69 Å². The predicted molar refractivity (Wildman–Crippen MR) is 83.3 cm³/mol. The molecular weight excluding hydrogens is 322 g/mol. The van der Waals surface area contributed by atoms with Crippen LogP contribution in [-0.2, 0) is 14.8 Å².